The second kappa shape index (κ2) is 5.85. The lowest BCUT2D eigenvalue weighted by Crippen LogP contribution is -2.10. The summed E-state index contributed by atoms with van der Waals surface area (Å²) in [5, 5.41) is 0. The van der Waals surface area contributed by atoms with Crippen molar-refractivity contribution in [3.8, 4) is 11.8 Å². The minimum atomic E-state index is 0.0571. The molecule has 0 saturated carbocycles. The van der Waals surface area contributed by atoms with Crippen molar-refractivity contribution in [2.24, 2.45) is 5.92 Å². The summed E-state index contributed by atoms with van der Waals surface area (Å²) in [7, 11) is 1.69. The predicted octanol–water partition coefficient (Wildman–Crippen LogP) is 2.63. The summed E-state index contributed by atoms with van der Waals surface area (Å²) in [4.78, 5) is 0. The fraction of sp³-hybridized carbons (Fsp3) is 0.636. The van der Waals surface area contributed by atoms with Gasteiger partial charge in [0.15, 0.2) is 0 Å². The maximum atomic E-state index is 5.20. The van der Waals surface area contributed by atoms with Crippen molar-refractivity contribution in [2.75, 3.05) is 7.11 Å². The van der Waals surface area contributed by atoms with Crippen LogP contribution >= 0.6 is 0 Å². The Morgan fingerprint density at radius 1 is 1.50 bits per heavy atom. The van der Waals surface area contributed by atoms with Gasteiger partial charge in [0.2, 0.25) is 0 Å². The first-order valence-electron chi connectivity index (χ1n) is 4.26. The van der Waals surface area contributed by atoms with Crippen LogP contribution in [-0.4, -0.2) is 13.2 Å². The smallest absolute Gasteiger partial charge is 0.118 e. The summed E-state index contributed by atoms with van der Waals surface area (Å²) in [6, 6.07) is 0. The number of methoxy groups -OCH3 is 1. The molecular formula is C11H18O. The SMILES string of the molecule is C=C(C)C#CC(CC(C)C)OC. The first-order chi connectivity index (χ1) is 5.56. The van der Waals surface area contributed by atoms with E-state index in [1.807, 2.05) is 6.92 Å². The fourth-order valence-corrected chi connectivity index (χ4v) is 0.846. The highest BCUT2D eigenvalue weighted by atomic mass is 16.5. The number of allylic oxidation sites excluding steroid dienone is 1. The first kappa shape index (κ1) is 11.3. The molecule has 0 aliphatic carbocycles. The molecule has 0 aliphatic rings. The lowest BCUT2D eigenvalue weighted by atomic mass is 10.1. The molecule has 1 heteroatoms. The van der Waals surface area contributed by atoms with E-state index in [2.05, 4.69) is 32.3 Å². The molecule has 0 bridgehead atoms. The fourth-order valence-electron chi connectivity index (χ4n) is 0.846. The summed E-state index contributed by atoms with van der Waals surface area (Å²) < 4.78 is 5.20. The molecule has 1 unspecified atom stereocenters. The highest BCUT2D eigenvalue weighted by Crippen LogP contribution is 2.06. The van der Waals surface area contributed by atoms with E-state index >= 15 is 0 Å². The van der Waals surface area contributed by atoms with Gasteiger partial charge in [0.1, 0.15) is 6.10 Å². The molecule has 1 atom stereocenters. The van der Waals surface area contributed by atoms with Crippen LogP contribution < -0.4 is 0 Å². The second-order valence-electron chi connectivity index (χ2n) is 3.40. The molecule has 0 aromatic heterocycles. The summed E-state index contributed by atoms with van der Waals surface area (Å²) in [6.07, 6.45) is 1.04. The van der Waals surface area contributed by atoms with E-state index in [0.717, 1.165) is 12.0 Å². The molecule has 0 heterocycles. The Kier molecular flexibility index (Phi) is 5.49. The highest BCUT2D eigenvalue weighted by Gasteiger charge is 2.04. The van der Waals surface area contributed by atoms with Crippen LogP contribution in [0.15, 0.2) is 12.2 Å². The zero-order chi connectivity index (χ0) is 9.56. The van der Waals surface area contributed by atoms with Crippen LogP contribution in [0.2, 0.25) is 0 Å². The van der Waals surface area contributed by atoms with Gasteiger partial charge in [0.25, 0.3) is 0 Å². The van der Waals surface area contributed by atoms with Crippen molar-refractivity contribution in [2.45, 2.75) is 33.3 Å². The molecule has 0 fully saturated rings. The van der Waals surface area contributed by atoms with Gasteiger partial charge in [-0.3, -0.25) is 0 Å². The summed E-state index contributed by atoms with van der Waals surface area (Å²) >= 11 is 0. The zero-order valence-corrected chi connectivity index (χ0v) is 8.48. The third-order valence-corrected chi connectivity index (χ3v) is 1.42. The zero-order valence-electron chi connectivity index (χ0n) is 8.48. The minimum Gasteiger partial charge on any atom is -0.369 e. The summed E-state index contributed by atoms with van der Waals surface area (Å²) in [5.74, 6) is 6.58. The van der Waals surface area contributed by atoms with E-state index in [1.165, 1.54) is 0 Å². The van der Waals surface area contributed by atoms with Crippen LogP contribution in [0.3, 0.4) is 0 Å². The van der Waals surface area contributed by atoms with Crippen LogP contribution in [0.1, 0.15) is 27.2 Å². The van der Waals surface area contributed by atoms with E-state index in [1.54, 1.807) is 7.11 Å². The molecular weight excluding hydrogens is 148 g/mol. The lowest BCUT2D eigenvalue weighted by Gasteiger charge is -2.10. The topological polar surface area (TPSA) is 9.23 Å². The Hall–Kier alpha value is -0.740. The standard InChI is InChI=1S/C11H18O/c1-9(2)6-7-11(12-5)8-10(3)4/h10-11H,1,8H2,2-5H3. The average Bonchev–Trinajstić information content (AvgIpc) is 1.97. The average molecular weight is 166 g/mol. The van der Waals surface area contributed by atoms with Gasteiger partial charge in [0, 0.05) is 7.11 Å². The summed E-state index contributed by atoms with van der Waals surface area (Å²) in [5.41, 5.74) is 0.890. The second-order valence-corrected chi connectivity index (χ2v) is 3.40. The van der Waals surface area contributed by atoms with Gasteiger partial charge in [-0.25, -0.2) is 0 Å². The van der Waals surface area contributed by atoms with Gasteiger partial charge in [-0.05, 0) is 24.8 Å². The Balaban J connectivity index is 4.02. The monoisotopic (exact) mass is 166 g/mol. The Labute approximate surface area is 75.8 Å². The molecule has 0 radical (unpaired) electrons. The van der Waals surface area contributed by atoms with Gasteiger partial charge >= 0.3 is 0 Å². The van der Waals surface area contributed by atoms with E-state index in [9.17, 15) is 0 Å². The molecule has 0 aromatic rings. The molecule has 0 N–H and O–H groups in total. The maximum absolute atomic E-state index is 5.20. The van der Waals surface area contributed by atoms with Crippen molar-refractivity contribution in [1.82, 2.24) is 0 Å². The van der Waals surface area contributed by atoms with E-state index < -0.39 is 0 Å². The van der Waals surface area contributed by atoms with Crippen molar-refractivity contribution in [3.05, 3.63) is 12.2 Å². The largest absolute Gasteiger partial charge is 0.369 e. The molecule has 0 saturated heterocycles. The number of hydrogen-bond acceptors (Lipinski definition) is 1. The van der Waals surface area contributed by atoms with Gasteiger partial charge < -0.3 is 4.74 Å². The van der Waals surface area contributed by atoms with Crippen LogP contribution in [-0.2, 0) is 4.74 Å². The number of ether oxygens (including phenoxy) is 1. The lowest BCUT2D eigenvalue weighted by molar-refractivity contribution is 0.129. The molecule has 0 aromatic carbocycles. The Bertz CT molecular complexity index is 193. The van der Waals surface area contributed by atoms with Crippen molar-refractivity contribution >= 4 is 0 Å². The van der Waals surface area contributed by atoms with Crippen molar-refractivity contribution in [1.29, 1.82) is 0 Å². The van der Waals surface area contributed by atoms with E-state index in [-0.39, 0.29) is 6.10 Å². The molecule has 68 valence electrons. The van der Waals surface area contributed by atoms with Crippen molar-refractivity contribution in [3.63, 3.8) is 0 Å². The minimum absolute atomic E-state index is 0.0571. The third kappa shape index (κ3) is 6.00. The van der Waals surface area contributed by atoms with Crippen LogP contribution in [0.5, 0.6) is 0 Å². The maximum Gasteiger partial charge on any atom is 0.118 e. The molecule has 1 nitrogen and oxygen atoms in total. The van der Waals surface area contributed by atoms with Gasteiger partial charge in [-0.15, -0.1) is 0 Å². The first-order valence-corrected chi connectivity index (χ1v) is 4.26. The normalized spacial score (nSPS) is 12.1. The Morgan fingerprint density at radius 2 is 2.08 bits per heavy atom. The van der Waals surface area contributed by atoms with Gasteiger partial charge in [0.05, 0.1) is 0 Å². The number of hydrogen-bond donors (Lipinski definition) is 0. The predicted molar refractivity (Wildman–Crippen MR) is 52.8 cm³/mol. The molecule has 0 rings (SSSR count). The van der Waals surface area contributed by atoms with E-state index in [4.69, 9.17) is 4.74 Å². The molecule has 0 spiro atoms. The highest BCUT2D eigenvalue weighted by molar-refractivity contribution is 5.24. The number of rotatable bonds is 3. The Morgan fingerprint density at radius 3 is 2.42 bits per heavy atom. The van der Waals surface area contributed by atoms with Crippen molar-refractivity contribution < 1.29 is 4.74 Å². The molecule has 0 amide bonds. The third-order valence-electron chi connectivity index (χ3n) is 1.42. The quantitative estimate of drug-likeness (QED) is 0.586. The summed E-state index contributed by atoms with van der Waals surface area (Å²) in [6.45, 7) is 9.93. The molecule has 12 heavy (non-hydrogen) atoms. The van der Waals surface area contributed by atoms with Crippen LogP contribution in [0, 0.1) is 17.8 Å². The van der Waals surface area contributed by atoms with Crippen LogP contribution in [0.25, 0.3) is 0 Å². The van der Waals surface area contributed by atoms with Gasteiger partial charge in [-0.1, -0.05) is 32.3 Å². The van der Waals surface area contributed by atoms with Gasteiger partial charge in [-0.2, -0.15) is 0 Å². The molecule has 0 aliphatic heterocycles. The van der Waals surface area contributed by atoms with Crippen LogP contribution in [0.4, 0.5) is 0 Å². The van der Waals surface area contributed by atoms with E-state index in [0.29, 0.717) is 5.92 Å².